The molecule has 40 heavy (non-hydrogen) atoms. The Labute approximate surface area is 235 Å². The van der Waals surface area contributed by atoms with E-state index in [2.05, 4.69) is 71.4 Å². The molecule has 1 spiro atoms. The molecule has 0 N–H and O–H groups in total. The maximum atomic E-state index is 13.4. The predicted molar refractivity (Wildman–Crippen MR) is 157 cm³/mol. The number of hydrogen-bond donors (Lipinski definition) is 0. The largest absolute Gasteiger partial charge is 0.456 e. The van der Waals surface area contributed by atoms with Gasteiger partial charge in [-0.3, -0.25) is 0 Å². The van der Waals surface area contributed by atoms with Crippen molar-refractivity contribution < 1.29 is 14.3 Å². The molecule has 8 rings (SSSR count). The third-order valence-electron chi connectivity index (χ3n) is 9.41. The first-order valence-electron chi connectivity index (χ1n) is 14.5. The van der Waals surface area contributed by atoms with Crippen molar-refractivity contribution in [3.63, 3.8) is 0 Å². The van der Waals surface area contributed by atoms with E-state index in [0.29, 0.717) is 11.6 Å². The molecule has 0 saturated heterocycles. The van der Waals surface area contributed by atoms with Gasteiger partial charge in [0.2, 0.25) is 0 Å². The van der Waals surface area contributed by atoms with Crippen LogP contribution in [-0.2, 0) is 16.8 Å². The maximum absolute atomic E-state index is 13.4. The first-order valence-corrected chi connectivity index (χ1v) is 14.5. The molecule has 5 nitrogen and oxygen atoms in total. The van der Waals surface area contributed by atoms with E-state index in [4.69, 9.17) is 9.47 Å². The molecule has 1 fully saturated rings. The molecule has 4 aliphatic rings. The van der Waals surface area contributed by atoms with E-state index >= 15 is 0 Å². The lowest BCUT2D eigenvalue weighted by Gasteiger charge is -2.38. The highest BCUT2D eigenvalue weighted by Gasteiger charge is 2.53. The van der Waals surface area contributed by atoms with Gasteiger partial charge in [-0.1, -0.05) is 55.7 Å². The molecule has 0 aromatic heterocycles. The average molecular weight is 529 g/mol. The van der Waals surface area contributed by atoms with E-state index in [1.165, 1.54) is 43.4 Å². The Morgan fingerprint density at radius 2 is 1.65 bits per heavy atom. The van der Waals surface area contributed by atoms with Crippen LogP contribution >= 0.6 is 0 Å². The van der Waals surface area contributed by atoms with Crippen molar-refractivity contribution >= 4 is 23.0 Å². The lowest BCUT2D eigenvalue weighted by molar-refractivity contribution is 0.0224. The van der Waals surface area contributed by atoms with Crippen molar-refractivity contribution in [1.29, 1.82) is 0 Å². The quantitative estimate of drug-likeness (QED) is 0.255. The molecule has 1 saturated carbocycles. The molecule has 4 aromatic carbocycles. The summed E-state index contributed by atoms with van der Waals surface area (Å²) >= 11 is 0. The highest BCUT2D eigenvalue weighted by molar-refractivity contribution is 5.97. The van der Waals surface area contributed by atoms with E-state index in [9.17, 15) is 4.79 Å². The van der Waals surface area contributed by atoms with Crippen LogP contribution in [0.1, 0.15) is 64.7 Å². The van der Waals surface area contributed by atoms with E-state index in [1.54, 1.807) is 0 Å². The van der Waals surface area contributed by atoms with Gasteiger partial charge in [0.1, 0.15) is 11.5 Å². The van der Waals surface area contributed by atoms with Crippen molar-refractivity contribution in [2.45, 2.75) is 50.2 Å². The Hall–Kier alpha value is -4.25. The topological polar surface area (TPSA) is 42.0 Å². The van der Waals surface area contributed by atoms with Crippen molar-refractivity contribution in [1.82, 2.24) is 0 Å². The Kier molecular flexibility index (Phi) is 5.25. The van der Waals surface area contributed by atoms with Crippen LogP contribution in [0.2, 0.25) is 0 Å². The van der Waals surface area contributed by atoms with Crippen LogP contribution in [0.4, 0.5) is 17.1 Å². The van der Waals surface area contributed by atoms with Gasteiger partial charge in [-0.05, 0) is 67.3 Å². The van der Waals surface area contributed by atoms with Gasteiger partial charge in [0.15, 0.2) is 5.60 Å². The van der Waals surface area contributed by atoms with E-state index < -0.39 is 5.60 Å². The maximum Gasteiger partial charge on any atom is 0.340 e. The fourth-order valence-corrected chi connectivity index (χ4v) is 7.32. The summed E-state index contributed by atoms with van der Waals surface area (Å²) in [6.07, 6.45) is 7.33. The Morgan fingerprint density at radius 3 is 2.55 bits per heavy atom. The number of esters is 1. The average Bonchev–Trinajstić information content (AvgIpc) is 3.57. The van der Waals surface area contributed by atoms with Crippen molar-refractivity contribution in [3.05, 3.63) is 113 Å². The summed E-state index contributed by atoms with van der Waals surface area (Å²) in [6.45, 7) is 0.913. The minimum atomic E-state index is -1.06. The van der Waals surface area contributed by atoms with Gasteiger partial charge in [-0.15, -0.1) is 0 Å². The first-order chi connectivity index (χ1) is 19.6. The normalized spacial score (nSPS) is 20.8. The van der Waals surface area contributed by atoms with E-state index in [0.717, 1.165) is 52.5 Å². The Balaban J connectivity index is 1.28. The minimum absolute atomic E-state index is 0.297. The number of benzene rings is 4. The number of nitrogens with zero attached hydrogens (tertiary/aromatic N) is 2. The van der Waals surface area contributed by atoms with E-state index in [-0.39, 0.29) is 5.97 Å². The fraction of sp³-hybridized carbons (Fsp3) is 0.286. The molecule has 5 heteroatoms. The first kappa shape index (κ1) is 23.6. The van der Waals surface area contributed by atoms with Crippen molar-refractivity contribution in [2.75, 3.05) is 23.4 Å². The molecule has 0 amide bonds. The summed E-state index contributed by atoms with van der Waals surface area (Å²) in [5.74, 6) is 1.18. The standard InChI is InChI=1S/C35H32N2O3/c1-36(24-10-3-2-4-11-24)25-15-17-29-33(22-25)39-32-18-16-26(37-20-19-23-9-5-8-14-31(23)37)21-30(32)35(29)28-13-7-6-12-27(28)34(38)40-35/h5-9,12-18,21-22,24H,2-4,10-11,19-20H2,1H3. The summed E-state index contributed by atoms with van der Waals surface area (Å²) in [6, 6.07) is 29.6. The summed E-state index contributed by atoms with van der Waals surface area (Å²) in [7, 11) is 2.19. The van der Waals surface area contributed by atoms with Crippen LogP contribution in [-0.4, -0.2) is 25.6 Å². The fourth-order valence-electron chi connectivity index (χ4n) is 7.32. The number of anilines is 3. The monoisotopic (exact) mass is 528 g/mol. The SMILES string of the molecule is CN(c1ccc2c(c1)Oc1ccc(N3CCc4ccccc43)cc1C21OC(=O)c2ccccc21)C1CCCCC1. The van der Waals surface area contributed by atoms with Gasteiger partial charge >= 0.3 is 5.97 Å². The summed E-state index contributed by atoms with van der Waals surface area (Å²) in [5.41, 5.74) is 6.95. The highest BCUT2D eigenvalue weighted by Crippen LogP contribution is 2.57. The number of rotatable bonds is 3. The molecular formula is C35H32N2O3. The van der Waals surface area contributed by atoms with Crippen LogP contribution < -0.4 is 14.5 Å². The van der Waals surface area contributed by atoms with Crippen LogP contribution in [0.25, 0.3) is 0 Å². The molecule has 200 valence electrons. The van der Waals surface area contributed by atoms with Gasteiger partial charge in [0.25, 0.3) is 0 Å². The predicted octanol–water partition coefficient (Wildman–Crippen LogP) is 7.72. The van der Waals surface area contributed by atoms with Crippen molar-refractivity contribution in [3.8, 4) is 11.5 Å². The highest BCUT2D eigenvalue weighted by atomic mass is 16.6. The second-order valence-electron chi connectivity index (χ2n) is 11.5. The number of para-hydroxylation sites is 1. The van der Waals surface area contributed by atoms with Gasteiger partial charge in [0.05, 0.1) is 5.56 Å². The third-order valence-corrected chi connectivity index (χ3v) is 9.41. The Morgan fingerprint density at radius 1 is 0.825 bits per heavy atom. The molecular weight excluding hydrogens is 496 g/mol. The summed E-state index contributed by atoms with van der Waals surface area (Å²) in [5, 5.41) is 0. The van der Waals surface area contributed by atoms with Gasteiger partial charge in [-0.25, -0.2) is 4.79 Å². The summed E-state index contributed by atoms with van der Waals surface area (Å²) < 4.78 is 13.1. The zero-order chi connectivity index (χ0) is 26.8. The summed E-state index contributed by atoms with van der Waals surface area (Å²) in [4.78, 5) is 18.1. The van der Waals surface area contributed by atoms with Gasteiger partial charge in [-0.2, -0.15) is 0 Å². The number of ether oxygens (including phenoxy) is 2. The van der Waals surface area contributed by atoms with Crippen molar-refractivity contribution in [2.24, 2.45) is 0 Å². The number of hydrogen-bond acceptors (Lipinski definition) is 5. The minimum Gasteiger partial charge on any atom is -0.456 e. The van der Waals surface area contributed by atoms with Crippen LogP contribution in [0.3, 0.4) is 0 Å². The smallest absolute Gasteiger partial charge is 0.340 e. The van der Waals surface area contributed by atoms with E-state index in [1.807, 2.05) is 30.3 Å². The lowest BCUT2D eigenvalue weighted by atomic mass is 9.77. The molecule has 4 aromatic rings. The molecule has 3 aliphatic heterocycles. The molecule has 1 aliphatic carbocycles. The number of fused-ring (bicyclic) bond motifs is 7. The van der Waals surface area contributed by atoms with Crippen LogP contribution in [0.15, 0.2) is 84.9 Å². The number of carbonyl (C=O) groups is 1. The Bertz CT molecular complexity index is 1660. The second kappa shape index (κ2) is 8.88. The molecule has 0 radical (unpaired) electrons. The molecule has 0 bridgehead atoms. The molecule has 3 heterocycles. The molecule has 1 atom stereocenters. The zero-order valence-corrected chi connectivity index (χ0v) is 22.7. The number of carbonyl (C=O) groups excluding carboxylic acids is 1. The van der Waals surface area contributed by atoms with Crippen LogP contribution in [0.5, 0.6) is 11.5 Å². The van der Waals surface area contributed by atoms with Crippen LogP contribution in [0, 0.1) is 0 Å². The second-order valence-corrected chi connectivity index (χ2v) is 11.5. The molecule has 1 unspecified atom stereocenters. The third kappa shape index (κ3) is 3.36. The lowest BCUT2D eigenvalue weighted by Crippen LogP contribution is -2.35. The van der Waals surface area contributed by atoms with Gasteiger partial charge in [0, 0.05) is 59.5 Å². The zero-order valence-electron chi connectivity index (χ0n) is 22.7. The van der Waals surface area contributed by atoms with Gasteiger partial charge < -0.3 is 19.3 Å².